The molecule has 5 nitrogen and oxygen atoms in total. The van der Waals surface area contributed by atoms with Crippen LogP contribution in [-0.4, -0.2) is 38.0 Å². The van der Waals surface area contributed by atoms with Gasteiger partial charge in [-0.05, 0) is 78.3 Å². The van der Waals surface area contributed by atoms with E-state index in [2.05, 4.69) is 12.1 Å². The van der Waals surface area contributed by atoms with Crippen LogP contribution >= 0.6 is 0 Å². The van der Waals surface area contributed by atoms with Gasteiger partial charge < -0.3 is 19.3 Å². The van der Waals surface area contributed by atoms with Crippen molar-refractivity contribution in [2.45, 2.75) is 33.1 Å². The molecule has 1 aliphatic heterocycles. The maximum absolute atomic E-state index is 10.8. The van der Waals surface area contributed by atoms with Gasteiger partial charge in [0.05, 0.1) is 20.3 Å². The van der Waals surface area contributed by atoms with Crippen molar-refractivity contribution in [2.24, 2.45) is 0 Å². The van der Waals surface area contributed by atoms with Crippen LogP contribution in [0.15, 0.2) is 42.0 Å². The van der Waals surface area contributed by atoms with Gasteiger partial charge in [0.15, 0.2) is 0 Å². The minimum Gasteiger partial charge on any atom is -0.497 e. The Hall–Kier alpha value is -2.79. The maximum atomic E-state index is 10.8. The molecule has 1 aliphatic rings. The van der Waals surface area contributed by atoms with Crippen molar-refractivity contribution in [1.82, 2.24) is 0 Å². The summed E-state index contributed by atoms with van der Waals surface area (Å²) in [5.74, 6) is 0.889. The molecule has 2 aromatic carbocycles. The van der Waals surface area contributed by atoms with Crippen LogP contribution in [0.4, 0.5) is 0 Å². The Labute approximate surface area is 171 Å². The fraction of sp³-hybridized carbons (Fsp3) is 0.375. The Morgan fingerprint density at radius 3 is 2.55 bits per heavy atom. The van der Waals surface area contributed by atoms with Crippen LogP contribution in [0.25, 0.3) is 5.57 Å². The van der Waals surface area contributed by atoms with E-state index in [0.29, 0.717) is 26.2 Å². The Kier molecular flexibility index (Phi) is 6.94. The molecule has 0 aliphatic carbocycles. The molecule has 0 spiro atoms. The highest BCUT2D eigenvalue weighted by Gasteiger charge is 2.17. The van der Waals surface area contributed by atoms with Crippen molar-refractivity contribution in [2.75, 3.05) is 26.9 Å². The van der Waals surface area contributed by atoms with E-state index in [1.807, 2.05) is 38.1 Å². The van der Waals surface area contributed by atoms with E-state index in [4.69, 9.17) is 19.3 Å². The van der Waals surface area contributed by atoms with E-state index >= 15 is 0 Å². The zero-order valence-electron chi connectivity index (χ0n) is 17.3. The van der Waals surface area contributed by atoms with Crippen molar-refractivity contribution in [3.8, 4) is 11.5 Å². The quantitative estimate of drug-likeness (QED) is 0.707. The number of carbonyl (C=O) groups is 1. The molecule has 0 amide bonds. The summed E-state index contributed by atoms with van der Waals surface area (Å²) in [4.78, 5) is 10.8. The van der Waals surface area contributed by atoms with Crippen molar-refractivity contribution >= 4 is 11.5 Å². The molecule has 0 unspecified atom stereocenters. The molecule has 1 N–H and O–H groups in total. The summed E-state index contributed by atoms with van der Waals surface area (Å²) in [7, 11) is 1.67. The van der Waals surface area contributed by atoms with E-state index in [9.17, 15) is 4.79 Å². The van der Waals surface area contributed by atoms with E-state index in [1.54, 1.807) is 7.11 Å². The molecule has 29 heavy (non-hydrogen) atoms. The number of hydrogen-bond donors (Lipinski definition) is 1. The summed E-state index contributed by atoms with van der Waals surface area (Å²) in [6.45, 7) is 5.78. The van der Waals surface area contributed by atoms with Crippen molar-refractivity contribution < 1.29 is 24.1 Å². The number of ether oxygens (including phenoxy) is 3. The number of benzene rings is 2. The van der Waals surface area contributed by atoms with Crippen LogP contribution in [0.1, 0.15) is 35.1 Å². The zero-order chi connectivity index (χ0) is 20.8. The van der Waals surface area contributed by atoms with Gasteiger partial charge in [0.1, 0.15) is 18.1 Å². The van der Waals surface area contributed by atoms with Crippen LogP contribution in [0.3, 0.4) is 0 Å². The molecular formula is C24H28O5. The predicted molar refractivity (Wildman–Crippen MR) is 113 cm³/mol. The fourth-order valence-corrected chi connectivity index (χ4v) is 3.59. The SMILES string of the molecule is COc1ccc(C2=C(COc3ccc(CCC(=O)O)c(C)c3C)COCC2)cc1. The largest absolute Gasteiger partial charge is 0.497 e. The normalized spacial score (nSPS) is 14.0. The first-order valence-corrected chi connectivity index (χ1v) is 9.86. The van der Waals surface area contributed by atoms with Crippen LogP contribution in [-0.2, 0) is 16.0 Å². The standard InChI is InChI=1S/C24H28O5/c1-16-17(2)23(10-6-18(16)7-11-24(25)26)29-15-20-14-28-13-12-22(20)19-4-8-21(27-3)9-5-19/h4-6,8-10H,7,11-15H2,1-3H3,(H,25,26). The minimum atomic E-state index is -0.780. The number of aryl methyl sites for hydroxylation is 1. The second kappa shape index (κ2) is 9.61. The molecule has 5 heteroatoms. The number of carboxylic acid groups (broad SMARTS) is 1. The first kappa shape index (κ1) is 20.9. The van der Waals surface area contributed by atoms with E-state index in [-0.39, 0.29) is 6.42 Å². The molecule has 0 fully saturated rings. The number of rotatable bonds is 8. The Bertz CT molecular complexity index is 896. The number of aliphatic carboxylic acids is 1. The third-order valence-electron chi connectivity index (χ3n) is 5.50. The lowest BCUT2D eigenvalue weighted by molar-refractivity contribution is -0.136. The molecule has 2 aromatic rings. The smallest absolute Gasteiger partial charge is 0.303 e. The van der Waals surface area contributed by atoms with Crippen molar-refractivity contribution in [1.29, 1.82) is 0 Å². The van der Waals surface area contributed by atoms with Gasteiger partial charge in [-0.1, -0.05) is 18.2 Å². The highest BCUT2D eigenvalue weighted by Crippen LogP contribution is 2.30. The number of methoxy groups -OCH3 is 1. The van der Waals surface area contributed by atoms with Crippen LogP contribution < -0.4 is 9.47 Å². The fourth-order valence-electron chi connectivity index (χ4n) is 3.59. The second-order valence-corrected chi connectivity index (χ2v) is 7.27. The highest BCUT2D eigenvalue weighted by molar-refractivity contribution is 5.70. The Morgan fingerprint density at radius 2 is 1.86 bits per heavy atom. The summed E-state index contributed by atoms with van der Waals surface area (Å²) in [6, 6.07) is 12.0. The number of hydrogen-bond acceptors (Lipinski definition) is 4. The molecule has 0 atom stereocenters. The molecule has 0 aromatic heterocycles. The third-order valence-corrected chi connectivity index (χ3v) is 5.50. The van der Waals surface area contributed by atoms with E-state index in [1.165, 1.54) is 11.1 Å². The summed E-state index contributed by atoms with van der Waals surface area (Å²) in [6.07, 6.45) is 1.52. The first-order valence-electron chi connectivity index (χ1n) is 9.86. The first-order chi connectivity index (χ1) is 14.0. The molecule has 0 bridgehead atoms. The monoisotopic (exact) mass is 396 g/mol. The van der Waals surface area contributed by atoms with Crippen LogP contribution in [0.2, 0.25) is 0 Å². The molecule has 1 heterocycles. The van der Waals surface area contributed by atoms with Gasteiger partial charge in [-0.15, -0.1) is 0 Å². The molecule has 0 radical (unpaired) electrons. The highest BCUT2D eigenvalue weighted by atomic mass is 16.5. The molecule has 0 saturated carbocycles. The summed E-state index contributed by atoms with van der Waals surface area (Å²) >= 11 is 0. The molecule has 0 saturated heterocycles. The van der Waals surface area contributed by atoms with Crippen molar-refractivity contribution in [3.05, 3.63) is 64.2 Å². The third kappa shape index (κ3) is 5.18. The maximum Gasteiger partial charge on any atom is 0.303 e. The molecule has 154 valence electrons. The summed E-state index contributed by atoms with van der Waals surface area (Å²) in [5, 5.41) is 8.92. The minimum absolute atomic E-state index is 0.135. The van der Waals surface area contributed by atoms with Crippen molar-refractivity contribution in [3.63, 3.8) is 0 Å². The van der Waals surface area contributed by atoms with Gasteiger partial charge in [0, 0.05) is 6.42 Å². The van der Waals surface area contributed by atoms with E-state index in [0.717, 1.165) is 40.2 Å². The molecular weight excluding hydrogens is 368 g/mol. The van der Waals surface area contributed by atoms with Gasteiger partial charge in [-0.3, -0.25) is 4.79 Å². The summed E-state index contributed by atoms with van der Waals surface area (Å²) < 4.78 is 17.1. The number of carboxylic acids is 1. The topological polar surface area (TPSA) is 65.0 Å². The lowest BCUT2D eigenvalue weighted by atomic mass is 9.96. The Morgan fingerprint density at radius 1 is 1.10 bits per heavy atom. The van der Waals surface area contributed by atoms with Gasteiger partial charge in [0.25, 0.3) is 0 Å². The zero-order valence-corrected chi connectivity index (χ0v) is 17.3. The van der Waals surface area contributed by atoms with Gasteiger partial charge >= 0.3 is 5.97 Å². The van der Waals surface area contributed by atoms with Gasteiger partial charge in [-0.2, -0.15) is 0 Å². The summed E-state index contributed by atoms with van der Waals surface area (Å²) in [5.41, 5.74) is 6.78. The van der Waals surface area contributed by atoms with Crippen LogP contribution in [0, 0.1) is 13.8 Å². The predicted octanol–water partition coefficient (Wildman–Crippen LogP) is 4.58. The van der Waals surface area contributed by atoms with Crippen LogP contribution in [0.5, 0.6) is 11.5 Å². The lowest BCUT2D eigenvalue weighted by Crippen LogP contribution is -2.16. The lowest BCUT2D eigenvalue weighted by Gasteiger charge is -2.22. The average Bonchev–Trinajstić information content (AvgIpc) is 2.74. The van der Waals surface area contributed by atoms with Gasteiger partial charge in [-0.25, -0.2) is 0 Å². The molecule has 3 rings (SSSR count). The average molecular weight is 396 g/mol. The van der Waals surface area contributed by atoms with Gasteiger partial charge in [0.2, 0.25) is 0 Å². The van der Waals surface area contributed by atoms with E-state index < -0.39 is 5.97 Å². The Balaban J connectivity index is 1.76. The second-order valence-electron chi connectivity index (χ2n) is 7.27.